The van der Waals surface area contributed by atoms with Gasteiger partial charge in [0.15, 0.2) is 5.78 Å². The molecule has 1 fully saturated rings. The number of rotatable bonds is 4. The minimum atomic E-state index is -0.897. The molecule has 28 heavy (non-hydrogen) atoms. The van der Waals surface area contributed by atoms with Crippen molar-refractivity contribution >= 4 is 23.2 Å². The second-order valence-corrected chi connectivity index (χ2v) is 7.39. The summed E-state index contributed by atoms with van der Waals surface area (Å²) in [7, 11) is 0. The van der Waals surface area contributed by atoms with Gasteiger partial charge < -0.3 is 5.32 Å². The lowest BCUT2D eigenvalue weighted by molar-refractivity contribution is -0.127. The molecule has 0 aliphatic heterocycles. The van der Waals surface area contributed by atoms with Crippen molar-refractivity contribution in [2.24, 2.45) is 5.92 Å². The van der Waals surface area contributed by atoms with Crippen molar-refractivity contribution < 1.29 is 23.2 Å². The van der Waals surface area contributed by atoms with Gasteiger partial charge in [-0.1, -0.05) is 17.7 Å². The third-order valence-electron chi connectivity index (χ3n) is 5.12. The highest BCUT2D eigenvalue weighted by Crippen LogP contribution is 2.37. The van der Waals surface area contributed by atoms with Crippen LogP contribution in [0.1, 0.15) is 41.0 Å². The predicted octanol–water partition coefficient (Wildman–Crippen LogP) is 4.16. The van der Waals surface area contributed by atoms with E-state index in [0.29, 0.717) is 11.6 Å². The molecule has 2 atom stereocenters. The van der Waals surface area contributed by atoms with E-state index in [9.17, 15) is 23.2 Å². The zero-order chi connectivity index (χ0) is 20.6. The standard InChI is InChI=1S/C22H21F2NO3/c1-11-6-12(2)20(13(3)7-11)21-18(26)8-14(22(21)28)9-19(27)25-17-5-4-15(23)10-16(17)24/h4-7,10,14,21H,8-9H2,1-3H3,(H,25,27). The first-order valence-corrected chi connectivity index (χ1v) is 9.06. The lowest BCUT2D eigenvalue weighted by Crippen LogP contribution is -2.22. The smallest absolute Gasteiger partial charge is 0.225 e. The highest BCUT2D eigenvalue weighted by molar-refractivity contribution is 6.16. The van der Waals surface area contributed by atoms with Crippen LogP contribution in [0.5, 0.6) is 0 Å². The van der Waals surface area contributed by atoms with Gasteiger partial charge in [0, 0.05) is 24.8 Å². The summed E-state index contributed by atoms with van der Waals surface area (Å²) in [5.41, 5.74) is 3.36. The quantitative estimate of drug-likeness (QED) is 0.804. The number of hydrogen-bond acceptors (Lipinski definition) is 3. The van der Waals surface area contributed by atoms with E-state index >= 15 is 0 Å². The summed E-state index contributed by atoms with van der Waals surface area (Å²) < 4.78 is 26.7. The van der Waals surface area contributed by atoms with Gasteiger partial charge in [-0.2, -0.15) is 0 Å². The molecule has 1 saturated carbocycles. The summed E-state index contributed by atoms with van der Waals surface area (Å²) in [4.78, 5) is 37.7. The maximum Gasteiger partial charge on any atom is 0.225 e. The molecule has 0 bridgehead atoms. The van der Waals surface area contributed by atoms with Crippen molar-refractivity contribution in [1.82, 2.24) is 0 Å². The van der Waals surface area contributed by atoms with Crippen LogP contribution in [-0.4, -0.2) is 17.5 Å². The van der Waals surface area contributed by atoms with E-state index < -0.39 is 29.4 Å². The minimum Gasteiger partial charge on any atom is -0.324 e. The van der Waals surface area contributed by atoms with Crippen molar-refractivity contribution in [3.63, 3.8) is 0 Å². The molecule has 2 aromatic carbocycles. The topological polar surface area (TPSA) is 63.2 Å². The molecule has 1 aliphatic carbocycles. The summed E-state index contributed by atoms with van der Waals surface area (Å²) in [5, 5.41) is 2.34. The maximum atomic E-state index is 13.7. The largest absolute Gasteiger partial charge is 0.324 e. The Balaban J connectivity index is 1.76. The van der Waals surface area contributed by atoms with E-state index in [1.54, 1.807) is 0 Å². The van der Waals surface area contributed by atoms with E-state index in [4.69, 9.17) is 0 Å². The van der Waals surface area contributed by atoms with Crippen molar-refractivity contribution in [3.05, 3.63) is 64.2 Å². The SMILES string of the molecule is Cc1cc(C)c(C2C(=O)CC(CC(=O)Nc3ccc(F)cc3F)C2=O)c(C)c1. The molecule has 0 aromatic heterocycles. The number of benzene rings is 2. The Labute approximate surface area is 161 Å². The molecular formula is C22H21F2NO3. The van der Waals surface area contributed by atoms with Gasteiger partial charge >= 0.3 is 0 Å². The first kappa shape index (κ1) is 19.9. The average Bonchev–Trinajstić information content (AvgIpc) is 2.84. The zero-order valence-electron chi connectivity index (χ0n) is 15.9. The second-order valence-electron chi connectivity index (χ2n) is 7.39. The molecule has 146 valence electrons. The molecule has 1 aliphatic rings. The van der Waals surface area contributed by atoms with Gasteiger partial charge in [0.2, 0.25) is 5.91 Å². The minimum absolute atomic E-state index is 0.0183. The van der Waals surface area contributed by atoms with Crippen LogP contribution in [0, 0.1) is 38.3 Å². The number of aryl methyl sites for hydroxylation is 3. The normalized spacial score (nSPS) is 19.2. The zero-order valence-corrected chi connectivity index (χ0v) is 15.9. The van der Waals surface area contributed by atoms with Crippen molar-refractivity contribution in [3.8, 4) is 0 Å². The van der Waals surface area contributed by atoms with E-state index in [1.165, 1.54) is 0 Å². The number of Topliss-reactive ketones (excluding diaryl/α,β-unsaturated/α-hetero) is 2. The van der Waals surface area contributed by atoms with Gasteiger partial charge in [-0.25, -0.2) is 8.78 Å². The summed E-state index contributed by atoms with van der Waals surface area (Å²) in [6.45, 7) is 5.68. The van der Waals surface area contributed by atoms with Crippen LogP contribution in [0.15, 0.2) is 30.3 Å². The summed E-state index contributed by atoms with van der Waals surface area (Å²) in [6, 6.07) is 6.67. The number of nitrogens with one attached hydrogen (secondary N) is 1. The summed E-state index contributed by atoms with van der Waals surface area (Å²) in [6.07, 6.45) is -0.239. The molecule has 0 heterocycles. The number of anilines is 1. The van der Waals surface area contributed by atoms with Crippen LogP contribution < -0.4 is 5.32 Å². The molecule has 4 nitrogen and oxygen atoms in total. The van der Waals surface area contributed by atoms with Gasteiger partial charge in [-0.3, -0.25) is 14.4 Å². The Hall–Kier alpha value is -2.89. The van der Waals surface area contributed by atoms with Gasteiger partial charge in [0.05, 0.1) is 5.69 Å². The predicted molar refractivity (Wildman–Crippen MR) is 101 cm³/mol. The Bertz CT molecular complexity index is 961. The fourth-order valence-corrected chi connectivity index (χ4v) is 3.99. The maximum absolute atomic E-state index is 13.7. The lowest BCUT2D eigenvalue weighted by Gasteiger charge is -2.16. The van der Waals surface area contributed by atoms with Gasteiger partial charge in [-0.05, 0) is 49.6 Å². The summed E-state index contributed by atoms with van der Waals surface area (Å²) in [5.74, 6) is -4.33. The van der Waals surface area contributed by atoms with Crippen LogP contribution in [0.2, 0.25) is 0 Å². The highest BCUT2D eigenvalue weighted by atomic mass is 19.1. The van der Waals surface area contributed by atoms with Crippen LogP contribution in [0.3, 0.4) is 0 Å². The average molecular weight is 385 g/mol. The van der Waals surface area contributed by atoms with Crippen LogP contribution in [0.25, 0.3) is 0 Å². The van der Waals surface area contributed by atoms with E-state index in [1.807, 2.05) is 32.9 Å². The molecule has 6 heteroatoms. The third kappa shape index (κ3) is 3.86. The third-order valence-corrected chi connectivity index (χ3v) is 5.12. The van der Waals surface area contributed by atoms with Crippen LogP contribution in [-0.2, 0) is 14.4 Å². The van der Waals surface area contributed by atoms with Crippen molar-refractivity contribution in [1.29, 1.82) is 0 Å². The number of carbonyl (C=O) groups excluding carboxylic acids is 3. The Morgan fingerprint density at radius 1 is 1.07 bits per heavy atom. The Kier molecular flexibility index (Phi) is 5.40. The molecule has 2 aromatic rings. The monoisotopic (exact) mass is 385 g/mol. The van der Waals surface area contributed by atoms with Crippen molar-refractivity contribution in [2.45, 2.75) is 39.5 Å². The molecule has 1 N–H and O–H groups in total. The second kappa shape index (κ2) is 7.62. The highest BCUT2D eigenvalue weighted by Gasteiger charge is 2.43. The van der Waals surface area contributed by atoms with E-state index in [0.717, 1.165) is 28.8 Å². The molecule has 0 radical (unpaired) electrons. The van der Waals surface area contributed by atoms with Crippen molar-refractivity contribution in [2.75, 3.05) is 5.32 Å². The van der Waals surface area contributed by atoms with E-state index in [2.05, 4.69) is 5.32 Å². The Morgan fingerprint density at radius 2 is 1.71 bits per heavy atom. The molecule has 1 amide bonds. The molecule has 0 spiro atoms. The number of halogens is 2. The number of hydrogen-bond donors (Lipinski definition) is 1. The molecular weight excluding hydrogens is 364 g/mol. The molecule has 0 saturated heterocycles. The molecule has 3 rings (SSSR count). The number of amides is 1. The lowest BCUT2D eigenvalue weighted by atomic mass is 9.86. The van der Waals surface area contributed by atoms with Gasteiger partial charge in [0.1, 0.15) is 23.3 Å². The van der Waals surface area contributed by atoms with Crippen LogP contribution in [0.4, 0.5) is 14.5 Å². The Morgan fingerprint density at radius 3 is 2.32 bits per heavy atom. The fraction of sp³-hybridized carbons (Fsp3) is 0.318. The van der Waals surface area contributed by atoms with E-state index in [-0.39, 0.29) is 30.1 Å². The molecule has 2 unspecified atom stereocenters. The number of carbonyl (C=O) groups is 3. The van der Waals surface area contributed by atoms with Gasteiger partial charge in [0.25, 0.3) is 0 Å². The first-order chi connectivity index (χ1) is 13.2. The van der Waals surface area contributed by atoms with Crippen LogP contribution >= 0.6 is 0 Å². The fourth-order valence-electron chi connectivity index (χ4n) is 3.99. The first-order valence-electron chi connectivity index (χ1n) is 9.06. The summed E-state index contributed by atoms with van der Waals surface area (Å²) >= 11 is 0. The number of ketones is 2. The van der Waals surface area contributed by atoms with Gasteiger partial charge in [-0.15, -0.1) is 0 Å².